The van der Waals surface area contributed by atoms with Crippen molar-refractivity contribution in [2.75, 3.05) is 5.73 Å². The number of benzene rings is 1. The first-order valence-corrected chi connectivity index (χ1v) is 3.34. The van der Waals surface area contributed by atoms with E-state index in [9.17, 15) is 13.2 Å². The molecule has 1 rings (SSSR count). The molecule has 0 fully saturated rings. The van der Waals surface area contributed by atoms with Gasteiger partial charge in [0, 0.05) is 18.2 Å². The van der Waals surface area contributed by atoms with Crippen LogP contribution in [0.15, 0.2) is 18.2 Å². The van der Waals surface area contributed by atoms with Crippen LogP contribution in [-0.4, -0.2) is 0 Å². The summed E-state index contributed by atoms with van der Waals surface area (Å²) in [4.78, 5) is 0. The maximum absolute atomic E-state index is 12.6. The number of nitrogen functional groups attached to an aromatic ring is 1. The second-order valence-corrected chi connectivity index (χ2v) is 2.62. The van der Waals surface area contributed by atoms with Crippen LogP contribution >= 0.6 is 0 Å². The van der Waals surface area contributed by atoms with Gasteiger partial charge in [0.1, 0.15) is 5.82 Å². The zero-order valence-corrected chi connectivity index (χ0v) is 6.44. The third kappa shape index (κ3) is 1.69. The van der Waals surface area contributed by atoms with Crippen molar-refractivity contribution in [1.82, 2.24) is 0 Å². The fourth-order valence-corrected chi connectivity index (χ4v) is 0.909. The number of hydrogen-bond donors (Lipinski definition) is 1. The van der Waals surface area contributed by atoms with Crippen LogP contribution in [0.4, 0.5) is 18.9 Å². The normalized spacial score (nSPS) is 11.7. The van der Waals surface area contributed by atoms with Crippen molar-refractivity contribution in [3.05, 3.63) is 29.6 Å². The van der Waals surface area contributed by atoms with Crippen molar-refractivity contribution in [2.45, 2.75) is 12.8 Å². The summed E-state index contributed by atoms with van der Waals surface area (Å²) in [5.74, 6) is -3.80. The molecule has 66 valence electrons. The molecule has 1 aromatic rings. The molecule has 1 nitrogen and oxygen atoms in total. The summed E-state index contributed by atoms with van der Waals surface area (Å²) < 4.78 is 37.8. The zero-order chi connectivity index (χ0) is 9.35. The fourth-order valence-electron chi connectivity index (χ4n) is 0.909. The van der Waals surface area contributed by atoms with E-state index in [0.29, 0.717) is 6.92 Å². The van der Waals surface area contributed by atoms with E-state index in [1.807, 2.05) is 0 Å². The van der Waals surface area contributed by atoms with Crippen LogP contribution < -0.4 is 5.73 Å². The average molecular weight is 175 g/mol. The number of alkyl halides is 2. The van der Waals surface area contributed by atoms with Crippen molar-refractivity contribution in [1.29, 1.82) is 0 Å². The Hall–Kier alpha value is -1.19. The van der Waals surface area contributed by atoms with Crippen molar-refractivity contribution >= 4 is 5.69 Å². The Morgan fingerprint density at radius 3 is 2.33 bits per heavy atom. The Bertz CT molecular complexity index is 291. The molecule has 0 saturated carbocycles. The van der Waals surface area contributed by atoms with Crippen LogP contribution in [0.2, 0.25) is 0 Å². The van der Waals surface area contributed by atoms with Crippen LogP contribution in [0.5, 0.6) is 0 Å². The van der Waals surface area contributed by atoms with Crippen molar-refractivity contribution in [3.8, 4) is 0 Å². The van der Waals surface area contributed by atoms with Crippen LogP contribution in [0.3, 0.4) is 0 Å². The van der Waals surface area contributed by atoms with Gasteiger partial charge < -0.3 is 5.73 Å². The lowest BCUT2D eigenvalue weighted by molar-refractivity contribution is 0.0180. The lowest BCUT2D eigenvalue weighted by Gasteiger charge is -2.12. The molecule has 0 aromatic heterocycles. The lowest BCUT2D eigenvalue weighted by Crippen LogP contribution is -2.10. The summed E-state index contributed by atoms with van der Waals surface area (Å²) in [5.41, 5.74) is 4.67. The number of nitrogens with two attached hydrogens (primary N) is 1. The van der Waals surface area contributed by atoms with Crippen LogP contribution in [0.25, 0.3) is 0 Å². The standard InChI is InChI=1S/C8H8F3N/c1-8(10,11)6-4-5(9)2-3-7(6)12/h2-4H,12H2,1H3. The van der Waals surface area contributed by atoms with Gasteiger partial charge >= 0.3 is 0 Å². The number of halogens is 3. The monoisotopic (exact) mass is 175 g/mol. The van der Waals surface area contributed by atoms with Gasteiger partial charge in [-0.1, -0.05) is 0 Å². The summed E-state index contributed by atoms with van der Waals surface area (Å²) in [6.07, 6.45) is 0. The number of hydrogen-bond acceptors (Lipinski definition) is 1. The highest BCUT2D eigenvalue weighted by atomic mass is 19.3. The topological polar surface area (TPSA) is 26.0 Å². The molecular formula is C8H8F3N. The molecule has 2 N–H and O–H groups in total. The van der Waals surface area contributed by atoms with Crippen LogP contribution in [0, 0.1) is 5.82 Å². The van der Waals surface area contributed by atoms with Crippen molar-refractivity contribution in [3.63, 3.8) is 0 Å². The first-order valence-electron chi connectivity index (χ1n) is 3.34. The number of rotatable bonds is 1. The highest BCUT2D eigenvalue weighted by Gasteiger charge is 2.27. The molecule has 0 aliphatic heterocycles. The van der Waals surface area contributed by atoms with Gasteiger partial charge in [-0.2, -0.15) is 0 Å². The third-order valence-electron chi connectivity index (χ3n) is 1.49. The largest absolute Gasteiger partial charge is 0.398 e. The van der Waals surface area contributed by atoms with E-state index in [2.05, 4.69) is 0 Å². The van der Waals surface area contributed by atoms with Crippen LogP contribution in [-0.2, 0) is 5.92 Å². The summed E-state index contributed by atoms with van der Waals surface area (Å²) in [6, 6.07) is 2.92. The van der Waals surface area contributed by atoms with E-state index < -0.39 is 17.3 Å². The van der Waals surface area contributed by atoms with Gasteiger partial charge in [0.2, 0.25) is 0 Å². The molecule has 4 heteroatoms. The summed E-state index contributed by atoms with van der Waals surface area (Å²) in [7, 11) is 0. The Balaban J connectivity index is 3.23. The molecule has 0 heterocycles. The van der Waals surface area contributed by atoms with Gasteiger partial charge in [0.05, 0.1) is 0 Å². The molecule has 0 unspecified atom stereocenters. The van der Waals surface area contributed by atoms with Crippen molar-refractivity contribution < 1.29 is 13.2 Å². The smallest absolute Gasteiger partial charge is 0.272 e. The summed E-state index contributed by atoms with van der Waals surface area (Å²) >= 11 is 0. The van der Waals surface area contributed by atoms with E-state index in [1.54, 1.807) is 0 Å². The van der Waals surface area contributed by atoms with E-state index >= 15 is 0 Å². The average Bonchev–Trinajstić information content (AvgIpc) is 1.92. The van der Waals surface area contributed by atoms with Gasteiger partial charge in [-0.15, -0.1) is 0 Å². The molecule has 0 saturated heterocycles. The predicted octanol–water partition coefficient (Wildman–Crippen LogP) is 2.52. The lowest BCUT2D eigenvalue weighted by atomic mass is 10.1. The second kappa shape index (κ2) is 2.69. The predicted molar refractivity (Wildman–Crippen MR) is 40.4 cm³/mol. The fraction of sp³-hybridized carbons (Fsp3) is 0.250. The third-order valence-corrected chi connectivity index (χ3v) is 1.49. The van der Waals surface area contributed by atoms with Crippen LogP contribution in [0.1, 0.15) is 12.5 Å². The van der Waals surface area contributed by atoms with Gasteiger partial charge in [-0.25, -0.2) is 13.2 Å². The van der Waals surface area contributed by atoms with Gasteiger partial charge in [-0.05, 0) is 18.2 Å². The molecule has 1 aromatic carbocycles. The second-order valence-electron chi connectivity index (χ2n) is 2.62. The van der Waals surface area contributed by atoms with E-state index in [0.717, 1.165) is 18.2 Å². The Kier molecular flexibility index (Phi) is 2.00. The Morgan fingerprint density at radius 1 is 1.33 bits per heavy atom. The van der Waals surface area contributed by atoms with E-state index in [4.69, 9.17) is 5.73 Å². The summed E-state index contributed by atoms with van der Waals surface area (Å²) in [6.45, 7) is 0.679. The SMILES string of the molecule is CC(F)(F)c1cc(F)ccc1N. The Labute approximate surface area is 68.0 Å². The molecule has 0 bridgehead atoms. The molecule has 0 aliphatic rings. The highest BCUT2D eigenvalue weighted by molar-refractivity contribution is 5.48. The summed E-state index contributed by atoms with van der Waals surface area (Å²) in [5, 5.41) is 0. The quantitative estimate of drug-likeness (QED) is 0.652. The minimum atomic E-state index is -3.09. The minimum absolute atomic E-state index is 0.0936. The Morgan fingerprint density at radius 2 is 1.92 bits per heavy atom. The maximum atomic E-state index is 12.6. The molecule has 0 spiro atoms. The molecule has 0 radical (unpaired) electrons. The molecule has 0 aliphatic carbocycles. The maximum Gasteiger partial charge on any atom is 0.272 e. The first-order chi connectivity index (χ1) is 5.41. The molecule has 0 amide bonds. The van der Waals surface area contributed by atoms with E-state index in [1.165, 1.54) is 0 Å². The molecule has 0 atom stereocenters. The van der Waals surface area contributed by atoms with E-state index in [-0.39, 0.29) is 5.69 Å². The number of anilines is 1. The molecular weight excluding hydrogens is 167 g/mol. The zero-order valence-electron chi connectivity index (χ0n) is 6.44. The van der Waals surface area contributed by atoms with Gasteiger partial charge in [0.15, 0.2) is 0 Å². The van der Waals surface area contributed by atoms with Gasteiger partial charge in [0.25, 0.3) is 5.92 Å². The minimum Gasteiger partial charge on any atom is -0.398 e. The molecule has 12 heavy (non-hydrogen) atoms. The van der Waals surface area contributed by atoms with Gasteiger partial charge in [-0.3, -0.25) is 0 Å². The first kappa shape index (κ1) is 8.90. The highest BCUT2D eigenvalue weighted by Crippen LogP contribution is 2.31. The van der Waals surface area contributed by atoms with Crippen molar-refractivity contribution in [2.24, 2.45) is 0 Å².